The summed E-state index contributed by atoms with van der Waals surface area (Å²) >= 11 is 0. The molecule has 0 aliphatic heterocycles. The van der Waals surface area contributed by atoms with E-state index in [1.54, 1.807) is 6.07 Å². The van der Waals surface area contributed by atoms with E-state index < -0.39 is 19.6 Å². The van der Waals surface area contributed by atoms with Crippen molar-refractivity contribution in [2.45, 2.75) is 50.3 Å². The highest BCUT2D eigenvalue weighted by Gasteiger charge is 2.16. The molecule has 0 fully saturated rings. The van der Waals surface area contributed by atoms with Crippen molar-refractivity contribution in [1.82, 2.24) is 0 Å². The second-order valence-electron chi connectivity index (χ2n) is 6.24. The maximum atomic E-state index is 11.7. The van der Waals surface area contributed by atoms with Gasteiger partial charge in [-0.3, -0.25) is 4.55 Å². The van der Waals surface area contributed by atoms with Crippen LogP contribution in [0.4, 0.5) is 0 Å². The largest absolute Gasteiger partial charge is 0.294 e. The Morgan fingerprint density at radius 3 is 2.33 bits per heavy atom. The summed E-state index contributed by atoms with van der Waals surface area (Å²) in [6.07, 6.45) is 7.05. The van der Waals surface area contributed by atoms with E-state index in [-0.39, 0.29) is 4.90 Å². The molecule has 0 aliphatic carbocycles. The van der Waals surface area contributed by atoms with Crippen LogP contribution >= 0.6 is 0 Å². The number of benzene rings is 2. The van der Waals surface area contributed by atoms with Crippen LogP contribution in [0.15, 0.2) is 53.4 Å². The Labute approximate surface area is 147 Å². The lowest BCUT2D eigenvalue weighted by molar-refractivity contribution is 0.484. The van der Waals surface area contributed by atoms with Crippen LogP contribution in [0.3, 0.4) is 0 Å². The van der Waals surface area contributed by atoms with Crippen molar-refractivity contribution >= 4 is 30.0 Å². The Morgan fingerprint density at radius 1 is 0.958 bits per heavy atom. The van der Waals surface area contributed by atoms with Crippen molar-refractivity contribution < 1.29 is 13.0 Å². The van der Waals surface area contributed by atoms with Crippen LogP contribution < -0.4 is 10.4 Å². The van der Waals surface area contributed by atoms with Crippen LogP contribution in [0.2, 0.25) is 0 Å². The monoisotopic (exact) mass is 362 g/mol. The van der Waals surface area contributed by atoms with Gasteiger partial charge in [-0.2, -0.15) is 8.42 Å². The normalized spacial score (nSPS) is 12.1. The van der Waals surface area contributed by atoms with Gasteiger partial charge in [0.05, 0.1) is 14.4 Å². The SMILES string of the molecule is CCCCCCCc1ccc(S(=O)(=O)O)c([SiH2]c2ccccc2)c1. The van der Waals surface area contributed by atoms with Crippen molar-refractivity contribution in [2.75, 3.05) is 0 Å². The summed E-state index contributed by atoms with van der Waals surface area (Å²) < 4.78 is 32.8. The summed E-state index contributed by atoms with van der Waals surface area (Å²) in [5.41, 5.74) is 1.16. The Bertz CT molecular complexity index is 742. The Hall–Kier alpha value is -1.43. The van der Waals surface area contributed by atoms with E-state index in [0.717, 1.165) is 23.6 Å². The topological polar surface area (TPSA) is 54.4 Å². The molecule has 0 heterocycles. The lowest BCUT2D eigenvalue weighted by Crippen LogP contribution is -2.31. The fraction of sp³-hybridized carbons (Fsp3) is 0.368. The molecule has 0 saturated carbocycles. The molecule has 0 amide bonds. The molecule has 3 nitrogen and oxygen atoms in total. The first-order valence-electron chi connectivity index (χ1n) is 8.64. The summed E-state index contributed by atoms with van der Waals surface area (Å²) in [5, 5.41) is 1.97. The minimum Gasteiger partial charge on any atom is -0.282 e. The number of aryl methyl sites for hydroxylation is 1. The zero-order valence-electron chi connectivity index (χ0n) is 14.2. The molecular weight excluding hydrogens is 336 g/mol. The minimum absolute atomic E-state index is 0.0766. The average molecular weight is 363 g/mol. The molecule has 0 spiro atoms. The fourth-order valence-electron chi connectivity index (χ4n) is 2.93. The van der Waals surface area contributed by atoms with Crippen molar-refractivity contribution in [2.24, 2.45) is 0 Å². The van der Waals surface area contributed by atoms with E-state index in [0.29, 0.717) is 0 Å². The van der Waals surface area contributed by atoms with Crippen LogP contribution in [0.1, 0.15) is 44.6 Å². The van der Waals surface area contributed by atoms with Gasteiger partial charge >= 0.3 is 0 Å². The van der Waals surface area contributed by atoms with E-state index in [2.05, 4.69) is 6.92 Å². The summed E-state index contributed by atoms with van der Waals surface area (Å²) in [4.78, 5) is 0.0766. The summed E-state index contributed by atoms with van der Waals surface area (Å²) in [5.74, 6) is 0. The van der Waals surface area contributed by atoms with Crippen LogP contribution in [0.5, 0.6) is 0 Å². The number of hydrogen-bond acceptors (Lipinski definition) is 2. The minimum atomic E-state index is -4.17. The van der Waals surface area contributed by atoms with Crippen molar-refractivity contribution in [1.29, 1.82) is 0 Å². The van der Waals surface area contributed by atoms with Crippen molar-refractivity contribution in [3.8, 4) is 0 Å². The standard InChI is InChI=1S/C19H26O3SSi/c1-2-3-4-5-7-10-16-13-14-18(23(20,21)22)19(15-16)24-17-11-8-6-9-12-17/h6,8-9,11-15H,2-5,7,10,24H2,1H3,(H,20,21,22). The maximum Gasteiger partial charge on any atom is 0.294 e. The highest BCUT2D eigenvalue weighted by atomic mass is 32.2. The van der Waals surface area contributed by atoms with Crippen LogP contribution in [0, 0.1) is 0 Å². The van der Waals surface area contributed by atoms with Crippen molar-refractivity contribution in [3.05, 3.63) is 54.1 Å². The third-order valence-corrected chi connectivity index (χ3v) is 7.27. The van der Waals surface area contributed by atoms with Gasteiger partial charge in [0.1, 0.15) is 0 Å². The summed E-state index contributed by atoms with van der Waals surface area (Å²) in [6, 6.07) is 15.3. The predicted molar refractivity (Wildman–Crippen MR) is 103 cm³/mol. The summed E-state index contributed by atoms with van der Waals surface area (Å²) in [6.45, 7) is 2.20. The highest BCUT2D eigenvalue weighted by molar-refractivity contribution is 7.86. The predicted octanol–water partition coefficient (Wildman–Crippen LogP) is 2.57. The third kappa shape index (κ3) is 5.89. The molecule has 130 valence electrons. The molecule has 0 atom stereocenters. The molecule has 2 aromatic carbocycles. The molecule has 2 aromatic rings. The molecular formula is C19H26O3SSi. The van der Waals surface area contributed by atoms with Gasteiger partial charge in [-0.25, -0.2) is 0 Å². The molecule has 0 radical (unpaired) electrons. The molecule has 1 N–H and O–H groups in total. The first-order valence-corrected chi connectivity index (χ1v) is 11.5. The Kier molecular flexibility index (Phi) is 7.21. The summed E-state index contributed by atoms with van der Waals surface area (Å²) in [7, 11) is -5.11. The molecule has 0 unspecified atom stereocenters. The van der Waals surface area contributed by atoms with Gasteiger partial charge in [-0.1, -0.05) is 80.3 Å². The van der Waals surface area contributed by atoms with Gasteiger partial charge in [-0.05, 0) is 29.7 Å². The Morgan fingerprint density at radius 2 is 1.67 bits per heavy atom. The molecule has 0 aromatic heterocycles. The molecule has 0 saturated heterocycles. The van der Waals surface area contributed by atoms with Gasteiger partial charge in [0.2, 0.25) is 0 Å². The lowest BCUT2D eigenvalue weighted by atomic mass is 10.1. The van der Waals surface area contributed by atoms with Gasteiger partial charge in [0.25, 0.3) is 10.1 Å². The van der Waals surface area contributed by atoms with E-state index in [1.165, 1.54) is 30.9 Å². The third-order valence-electron chi connectivity index (χ3n) is 4.21. The first-order chi connectivity index (χ1) is 11.5. The highest BCUT2D eigenvalue weighted by Crippen LogP contribution is 2.12. The van der Waals surface area contributed by atoms with E-state index in [4.69, 9.17) is 0 Å². The smallest absolute Gasteiger partial charge is 0.282 e. The fourth-order valence-corrected chi connectivity index (χ4v) is 5.92. The Balaban J connectivity index is 2.16. The number of unbranched alkanes of at least 4 members (excludes halogenated alkanes) is 4. The van der Waals surface area contributed by atoms with Crippen molar-refractivity contribution in [3.63, 3.8) is 0 Å². The van der Waals surface area contributed by atoms with E-state index in [1.807, 2.05) is 42.5 Å². The molecule has 5 heteroatoms. The quantitative estimate of drug-likeness (QED) is 0.424. The molecule has 24 heavy (non-hydrogen) atoms. The maximum absolute atomic E-state index is 11.7. The van der Waals surface area contributed by atoms with Gasteiger partial charge in [0.15, 0.2) is 0 Å². The zero-order chi connectivity index (χ0) is 17.4. The molecule has 2 rings (SSSR count). The van der Waals surface area contributed by atoms with Gasteiger partial charge in [-0.15, -0.1) is 0 Å². The van der Waals surface area contributed by atoms with Gasteiger partial charge in [0, 0.05) is 0 Å². The molecule has 0 aliphatic rings. The second-order valence-corrected chi connectivity index (χ2v) is 9.57. The number of hydrogen-bond donors (Lipinski definition) is 1. The van der Waals surface area contributed by atoms with E-state index in [9.17, 15) is 13.0 Å². The van der Waals surface area contributed by atoms with Gasteiger partial charge < -0.3 is 0 Å². The van der Waals surface area contributed by atoms with Crippen LogP contribution in [0.25, 0.3) is 0 Å². The van der Waals surface area contributed by atoms with Crippen LogP contribution in [-0.4, -0.2) is 22.5 Å². The molecule has 0 bridgehead atoms. The second kappa shape index (κ2) is 9.16. The van der Waals surface area contributed by atoms with Crippen LogP contribution in [-0.2, 0) is 16.5 Å². The average Bonchev–Trinajstić information content (AvgIpc) is 2.55. The lowest BCUT2D eigenvalue weighted by Gasteiger charge is -2.10. The van der Waals surface area contributed by atoms with E-state index >= 15 is 0 Å². The first kappa shape index (κ1) is 18.9. The number of rotatable bonds is 9. The zero-order valence-corrected chi connectivity index (χ0v) is 16.5.